The van der Waals surface area contributed by atoms with Crippen molar-refractivity contribution < 1.29 is 4.79 Å². The number of rotatable bonds is 4. The van der Waals surface area contributed by atoms with E-state index in [0.717, 1.165) is 48.4 Å². The third-order valence-electron chi connectivity index (χ3n) is 4.87. The first-order chi connectivity index (χ1) is 12.2. The van der Waals surface area contributed by atoms with E-state index >= 15 is 0 Å². The molecule has 3 aromatic rings. The van der Waals surface area contributed by atoms with Gasteiger partial charge < -0.3 is 9.88 Å². The number of aromatic nitrogens is 4. The highest BCUT2D eigenvalue weighted by Crippen LogP contribution is 2.22. The van der Waals surface area contributed by atoms with Gasteiger partial charge in [0.2, 0.25) is 5.91 Å². The van der Waals surface area contributed by atoms with Crippen molar-refractivity contribution >= 4 is 16.9 Å². The number of H-pyrrole nitrogens is 1. The van der Waals surface area contributed by atoms with Crippen molar-refractivity contribution in [3.63, 3.8) is 0 Å². The van der Waals surface area contributed by atoms with E-state index in [1.165, 1.54) is 0 Å². The largest absolute Gasteiger partial charge is 0.342 e. The van der Waals surface area contributed by atoms with E-state index in [-0.39, 0.29) is 11.9 Å². The molecule has 6 nitrogen and oxygen atoms in total. The lowest BCUT2D eigenvalue weighted by atomic mass is 10.1. The molecule has 1 amide bonds. The molecule has 2 aromatic heterocycles. The van der Waals surface area contributed by atoms with Gasteiger partial charge in [-0.05, 0) is 37.5 Å². The molecule has 1 aliphatic heterocycles. The Morgan fingerprint density at radius 2 is 2.24 bits per heavy atom. The molecule has 0 radical (unpaired) electrons. The number of benzene rings is 1. The SMILES string of the molecule is Cc1cnn([C@@H]2CCCN(C(=O)CCc3nc4ccccc4[nH]3)C2)c1. The minimum absolute atomic E-state index is 0.203. The Labute approximate surface area is 146 Å². The van der Waals surface area contributed by atoms with Gasteiger partial charge in [0.15, 0.2) is 0 Å². The highest BCUT2D eigenvalue weighted by Gasteiger charge is 2.25. The molecule has 0 spiro atoms. The van der Waals surface area contributed by atoms with Crippen LogP contribution in [-0.2, 0) is 11.2 Å². The molecular formula is C19H23N5O. The fourth-order valence-corrected chi connectivity index (χ4v) is 3.54. The van der Waals surface area contributed by atoms with Gasteiger partial charge in [-0.25, -0.2) is 4.98 Å². The van der Waals surface area contributed by atoms with E-state index < -0.39 is 0 Å². The molecular weight excluding hydrogens is 314 g/mol. The number of para-hydroxylation sites is 2. The lowest BCUT2D eigenvalue weighted by Gasteiger charge is -2.33. The number of amides is 1. The smallest absolute Gasteiger partial charge is 0.223 e. The Bertz CT molecular complexity index is 848. The van der Waals surface area contributed by atoms with Crippen molar-refractivity contribution in [3.8, 4) is 0 Å². The number of carbonyl (C=O) groups is 1. The van der Waals surface area contributed by atoms with Crippen LogP contribution in [0.1, 0.15) is 36.7 Å². The topological polar surface area (TPSA) is 66.8 Å². The van der Waals surface area contributed by atoms with Gasteiger partial charge in [0.05, 0.1) is 23.3 Å². The maximum atomic E-state index is 12.6. The van der Waals surface area contributed by atoms with Gasteiger partial charge >= 0.3 is 0 Å². The summed E-state index contributed by atoms with van der Waals surface area (Å²) in [4.78, 5) is 22.5. The summed E-state index contributed by atoms with van der Waals surface area (Å²) in [6, 6.07) is 8.24. The van der Waals surface area contributed by atoms with Gasteiger partial charge in [-0.15, -0.1) is 0 Å². The monoisotopic (exact) mass is 337 g/mol. The molecule has 1 aromatic carbocycles. The summed E-state index contributed by atoms with van der Waals surface area (Å²) in [6.07, 6.45) is 7.18. The Morgan fingerprint density at radius 3 is 3.04 bits per heavy atom. The number of likely N-dealkylation sites (tertiary alicyclic amines) is 1. The zero-order chi connectivity index (χ0) is 17.2. The van der Waals surface area contributed by atoms with Crippen LogP contribution >= 0.6 is 0 Å². The minimum atomic E-state index is 0.203. The number of fused-ring (bicyclic) bond motifs is 1. The number of aryl methyl sites for hydroxylation is 2. The Morgan fingerprint density at radius 1 is 1.36 bits per heavy atom. The van der Waals surface area contributed by atoms with E-state index in [4.69, 9.17) is 0 Å². The zero-order valence-corrected chi connectivity index (χ0v) is 14.5. The van der Waals surface area contributed by atoms with Crippen LogP contribution in [0.15, 0.2) is 36.7 Å². The second-order valence-corrected chi connectivity index (χ2v) is 6.83. The highest BCUT2D eigenvalue weighted by atomic mass is 16.2. The number of hydrogen-bond donors (Lipinski definition) is 1. The maximum Gasteiger partial charge on any atom is 0.223 e. The molecule has 1 aliphatic rings. The molecule has 0 aliphatic carbocycles. The fraction of sp³-hybridized carbons (Fsp3) is 0.421. The van der Waals surface area contributed by atoms with Crippen LogP contribution in [0.2, 0.25) is 0 Å². The lowest BCUT2D eigenvalue weighted by molar-refractivity contribution is -0.132. The number of carbonyl (C=O) groups excluding carboxylic acids is 1. The molecule has 1 N–H and O–H groups in total. The van der Waals surface area contributed by atoms with Gasteiger partial charge in [0.1, 0.15) is 5.82 Å². The Kier molecular flexibility index (Phi) is 4.26. The van der Waals surface area contributed by atoms with Gasteiger partial charge in [-0.1, -0.05) is 12.1 Å². The van der Waals surface area contributed by atoms with Crippen molar-refractivity contribution in [1.29, 1.82) is 0 Å². The predicted octanol–water partition coefficient (Wildman–Crippen LogP) is 2.86. The molecule has 6 heteroatoms. The highest BCUT2D eigenvalue weighted by molar-refractivity contribution is 5.77. The van der Waals surface area contributed by atoms with Crippen LogP contribution in [0, 0.1) is 6.92 Å². The van der Waals surface area contributed by atoms with Crippen molar-refractivity contribution in [3.05, 3.63) is 48.0 Å². The lowest BCUT2D eigenvalue weighted by Crippen LogP contribution is -2.41. The average Bonchev–Trinajstić information content (AvgIpc) is 3.25. The number of imidazole rings is 1. The first-order valence-electron chi connectivity index (χ1n) is 8.91. The molecule has 1 saturated heterocycles. The first kappa shape index (κ1) is 15.9. The fourth-order valence-electron chi connectivity index (χ4n) is 3.54. The van der Waals surface area contributed by atoms with Crippen LogP contribution in [0.5, 0.6) is 0 Å². The van der Waals surface area contributed by atoms with Crippen LogP contribution < -0.4 is 0 Å². The third kappa shape index (κ3) is 3.43. The van der Waals surface area contributed by atoms with Gasteiger partial charge in [0.25, 0.3) is 0 Å². The quantitative estimate of drug-likeness (QED) is 0.796. The number of piperidine rings is 1. The van der Waals surface area contributed by atoms with Crippen LogP contribution in [0.25, 0.3) is 11.0 Å². The summed E-state index contributed by atoms with van der Waals surface area (Å²) in [7, 11) is 0. The van der Waals surface area contributed by atoms with E-state index in [0.29, 0.717) is 12.8 Å². The predicted molar refractivity (Wildman–Crippen MR) is 96.2 cm³/mol. The molecule has 4 rings (SSSR count). The summed E-state index contributed by atoms with van der Waals surface area (Å²) in [6.45, 7) is 3.64. The van der Waals surface area contributed by atoms with Gasteiger partial charge in [-0.2, -0.15) is 5.10 Å². The van der Waals surface area contributed by atoms with E-state index in [1.54, 1.807) is 0 Å². The summed E-state index contributed by atoms with van der Waals surface area (Å²) < 4.78 is 2.01. The molecule has 0 saturated carbocycles. The molecule has 130 valence electrons. The standard InChI is InChI=1S/C19H23N5O/c1-14-11-20-24(12-14)15-5-4-10-23(13-15)19(25)9-8-18-21-16-6-2-3-7-17(16)22-18/h2-3,6-7,11-12,15H,4-5,8-10,13H2,1H3,(H,21,22)/t15-/m1/s1. The molecule has 0 bridgehead atoms. The molecule has 0 unspecified atom stereocenters. The average molecular weight is 337 g/mol. The van der Waals surface area contributed by atoms with E-state index in [1.807, 2.05) is 47.0 Å². The normalized spacial score (nSPS) is 18.0. The van der Waals surface area contributed by atoms with Gasteiger partial charge in [-0.3, -0.25) is 9.48 Å². The maximum absolute atomic E-state index is 12.6. The molecule has 1 fully saturated rings. The van der Waals surface area contributed by atoms with Gasteiger partial charge in [0, 0.05) is 32.1 Å². The summed E-state index contributed by atoms with van der Waals surface area (Å²) in [5.41, 5.74) is 3.14. The summed E-state index contributed by atoms with van der Waals surface area (Å²) >= 11 is 0. The van der Waals surface area contributed by atoms with Crippen LogP contribution in [0.3, 0.4) is 0 Å². The Balaban J connectivity index is 1.37. The van der Waals surface area contributed by atoms with E-state index in [9.17, 15) is 4.79 Å². The van der Waals surface area contributed by atoms with Crippen molar-refractivity contribution in [2.75, 3.05) is 13.1 Å². The summed E-state index contributed by atoms with van der Waals surface area (Å²) in [5, 5.41) is 4.41. The third-order valence-corrected chi connectivity index (χ3v) is 4.87. The first-order valence-corrected chi connectivity index (χ1v) is 8.91. The van der Waals surface area contributed by atoms with Crippen molar-refractivity contribution in [2.24, 2.45) is 0 Å². The van der Waals surface area contributed by atoms with Crippen LogP contribution in [-0.4, -0.2) is 43.6 Å². The van der Waals surface area contributed by atoms with Crippen LogP contribution in [0.4, 0.5) is 0 Å². The number of hydrogen-bond acceptors (Lipinski definition) is 3. The second-order valence-electron chi connectivity index (χ2n) is 6.83. The number of aromatic amines is 1. The van der Waals surface area contributed by atoms with E-state index in [2.05, 4.69) is 21.3 Å². The number of nitrogens with zero attached hydrogens (tertiary/aromatic N) is 4. The van der Waals surface area contributed by atoms with Crippen molar-refractivity contribution in [2.45, 2.75) is 38.6 Å². The number of nitrogens with one attached hydrogen (secondary N) is 1. The Hall–Kier alpha value is -2.63. The molecule has 1 atom stereocenters. The summed E-state index contributed by atoms with van der Waals surface area (Å²) in [5.74, 6) is 1.08. The minimum Gasteiger partial charge on any atom is -0.342 e. The van der Waals surface area contributed by atoms with Crippen molar-refractivity contribution in [1.82, 2.24) is 24.6 Å². The molecule has 3 heterocycles. The molecule has 25 heavy (non-hydrogen) atoms. The second kappa shape index (κ2) is 6.70. The zero-order valence-electron chi connectivity index (χ0n) is 14.5.